The second kappa shape index (κ2) is 5.71. The Morgan fingerprint density at radius 2 is 2.05 bits per heavy atom. The highest BCUT2D eigenvalue weighted by Gasteiger charge is 2.11. The maximum Gasteiger partial charge on any atom is 0.257 e. The lowest BCUT2D eigenvalue weighted by atomic mass is 10.1. The van der Waals surface area contributed by atoms with E-state index in [1.807, 2.05) is 0 Å². The number of aromatic hydroxyl groups is 1. The Morgan fingerprint density at radius 1 is 1.30 bits per heavy atom. The van der Waals surface area contributed by atoms with E-state index in [0.29, 0.717) is 22.7 Å². The highest BCUT2D eigenvalue weighted by molar-refractivity contribution is 6.32. The number of rotatable bonds is 3. The van der Waals surface area contributed by atoms with Gasteiger partial charge in [-0.2, -0.15) is 0 Å². The summed E-state index contributed by atoms with van der Waals surface area (Å²) < 4.78 is 5.02. The van der Waals surface area contributed by atoms with Crippen LogP contribution in [0.15, 0.2) is 36.4 Å². The number of benzene rings is 2. The summed E-state index contributed by atoms with van der Waals surface area (Å²) >= 11 is 5.77. The molecule has 2 rings (SSSR count). The number of phenols is 1. The smallest absolute Gasteiger partial charge is 0.257 e. The molecule has 2 aromatic rings. The number of hydrogen-bond donors (Lipinski definition) is 3. The number of nitrogens with one attached hydrogen (secondary N) is 1. The van der Waals surface area contributed by atoms with Crippen molar-refractivity contribution in [3.8, 4) is 11.5 Å². The molecule has 0 aliphatic carbocycles. The van der Waals surface area contributed by atoms with Crippen LogP contribution >= 0.6 is 11.6 Å². The number of ether oxygens (including phenoxy) is 1. The zero-order valence-corrected chi connectivity index (χ0v) is 11.4. The van der Waals surface area contributed by atoms with Crippen molar-refractivity contribution in [1.29, 1.82) is 0 Å². The van der Waals surface area contributed by atoms with Crippen LogP contribution in [0.25, 0.3) is 0 Å². The topological polar surface area (TPSA) is 84.6 Å². The molecule has 0 aliphatic rings. The van der Waals surface area contributed by atoms with Crippen molar-refractivity contribution in [3.63, 3.8) is 0 Å². The Balaban J connectivity index is 2.21. The van der Waals surface area contributed by atoms with Crippen molar-refractivity contribution in [2.24, 2.45) is 0 Å². The fraction of sp³-hybridized carbons (Fsp3) is 0.0714. The fourth-order valence-electron chi connectivity index (χ4n) is 1.66. The van der Waals surface area contributed by atoms with Crippen LogP contribution in [0.4, 0.5) is 11.4 Å². The normalized spacial score (nSPS) is 10.1. The minimum Gasteiger partial charge on any atom is -0.506 e. The predicted molar refractivity (Wildman–Crippen MR) is 78.5 cm³/mol. The van der Waals surface area contributed by atoms with Crippen LogP contribution in [0, 0.1) is 0 Å². The van der Waals surface area contributed by atoms with Gasteiger partial charge in [-0.05, 0) is 30.3 Å². The summed E-state index contributed by atoms with van der Waals surface area (Å²) in [7, 11) is 1.52. The number of nitrogen functional groups attached to an aromatic ring is 1. The molecule has 5 nitrogen and oxygen atoms in total. The van der Waals surface area contributed by atoms with Crippen molar-refractivity contribution in [3.05, 3.63) is 47.0 Å². The van der Waals surface area contributed by atoms with Gasteiger partial charge in [-0.25, -0.2) is 0 Å². The first-order valence-corrected chi connectivity index (χ1v) is 6.12. The van der Waals surface area contributed by atoms with E-state index >= 15 is 0 Å². The highest BCUT2D eigenvalue weighted by atomic mass is 35.5. The lowest BCUT2D eigenvalue weighted by molar-refractivity contribution is 0.102. The van der Waals surface area contributed by atoms with Crippen LogP contribution in [0.1, 0.15) is 10.4 Å². The molecule has 0 radical (unpaired) electrons. The number of carbonyl (C=O) groups is 1. The number of hydrogen-bond acceptors (Lipinski definition) is 4. The number of halogens is 1. The molecule has 0 fully saturated rings. The lowest BCUT2D eigenvalue weighted by Gasteiger charge is -2.09. The first kappa shape index (κ1) is 14.0. The van der Waals surface area contributed by atoms with Crippen molar-refractivity contribution >= 4 is 28.9 Å². The number of methoxy groups -OCH3 is 1. The van der Waals surface area contributed by atoms with Gasteiger partial charge in [-0.3, -0.25) is 4.79 Å². The Bertz CT molecular complexity index is 659. The molecule has 0 saturated carbocycles. The third-order valence-electron chi connectivity index (χ3n) is 2.71. The van der Waals surface area contributed by atoms with Gasteiger partial charge in [0.05, 0.1) is 17.7 Å². The molecular weight excluding hydrogens is 280 g/mol. The molecule has 0 atom stereocenters. The number of anilines is 2. The number of phenolic OH excluding ortho intramolecular Hbond substituents is 1. The van der Waals surface area contributed by atoms with Gasteiger partial charge in [0, 0.05) is 17.4 Å². The number of carbonyl (C=O) groups excluding carboxylic acids is 1. The molecule has 0 saturated heterocycles. The number of nitrogens with two attached hydrogens (primary N) is 1. The quantitative estimate of drug-likeness (QED) is 0.600. The monoisotopic (exact) mass is 292 g/mol. The predicted octanol–water partition coefficient (Wildman–Crippen LogP) is 2.89. The third-order valence-corrected chi connectivity index (χ3v) is 3.01. The number of amides is 1. The lowest BCUT2D eigenvalue weighted by Crippen LogP contribution is -2.14. The Hall–Kier alpha value is -2.40. The third kappa shape index (κ3) is 2.95. The summed E-state index contributed by atoms with van der Waals surface area (Å²) in [5.41, 5.74) is 6.90. The average molecular weight is 293 g/mol. The van der Waals surface area contributed by atoms with Gasteiger partial charge in [0.1, 0.15) is 11.5 Å². The summed E-state index contributed by atoms with van der Waals surface area (Å²) in [6.07, 6.45) is 0. The van der Waals surface area contributed by atoms with Crippen LogP contribution in [0.5, 0.6) is 11.5 Å². The zero-order valence-electron chi connectivity index (χ0n) is 10.7. The maximum absolute atomic E-state index is 12.1. The Kier molecular flexibility index (Phi) is 4.00. The van der Waals surface area contributed by atoms with E-state index in [4.69, 9.17) is 22.1 Å². The van der Waals surface area contributed by atoms with Crippen LogP contribution in [0.3, 0.4) is 0 Å². The second-order valence-corrected chi connectivity index (χ2v) is 4.48. The van der Waals surface area contributed by atoms with E-state index in [0.717, 1.165) is 0 Å². The molecular formula is C14H13ClN2O3. The summed E-state index contributed by atoms with van der Waals surface area (Å²) in [5.74, 6) is 0.160. The van der Waals surface area contributed by atoms with Gasteiger partial charge in [-0.15, -0.1) is 0 Å². The van der Waals surface area contributed by atoms with E-state index in [-0.39, 0.29) is 16.7 Å². The molecule has 6 heteroatoms. The highest BCUT2D eigenvalue weighted by Crippen LogP contribution is 2.27. The van der Waals surface area contributed by atoms with Gasteiger partial charge in [0.15, 0.2) is 0 Å². The minimum atomic E-state index is -0.369. The zero-order chi connectivity index (χ0) is 14.7. The molecule has 104 valence electrons. The van der Waals surface area contributed by atoms with E-state index < -0.39 is 0 Å². The SMILES string of the molecule is COc1ccc(C(=O)Nc2ccc(O)c(Cl)c2)c(N)c1. The summed E-state index contributed by atoms with van der Waals surface area (Å²) in [6.45, 7) is 0. The molecule has 2 aromatic carbocycles. The van der Waals surface area contributed by atoms with Gasteiger partial charge in [-0.1, -0.05) is 11.6 Å². The molecule has 20 heavy (non-hydrogen) atoms. The largest absolute Gasteiger partial charge is 0.506 e. The van der Waals surface area contributed by atoms with Gasteiger partial charge in [0.25, 0.3) is 5.91 Å². The second-order valence-electron chi connectivity index (χ2n) is 4.07. The first-order valence-electron chi connectivity index (χ1n) is 5.74. The Morgan fingerprint density at radius 3 is 2.65 bits per heavy atom. The van der Waals surface area contributed by atoms with E-state index in [9.17, 15) is 9.90 Å². The summed E-state index contributed by atoms with van der Waals surface area (Å²) in [4.78, 5) is 12.1. The van der Waals surface area contributed by atoms with E-state index in [1.165, 1.54) is 19.2 Å². The average Bonchev–Trinajstić information content (AvgIpc) is 2.42. The van der Waals surface area contributed by atoms with Gasteiger partial charge < -0.3 is 20.9 Å². The molecule has 0 aromatic heterocycles. The van der Waals surface area contributed by atoms with Crippen LogP contribution < -0.4 is 15.8 Å². The molecule has 0 aliphatic heterocycles. The minimum absolute atomic E-state index is 0.0476. The summed E-state index contributed by atoms with van der Waals surface area (Å²) in [5, 5.41) is 12.1. The van der Waals surface area contributed by atoms with Crippen molar-refractivity contribution in [2.75, 3.05) is 18.2 Å². The maximum atomic E-state index is 12.1. The van der Waals surface area contributed by atoms with Gasteiger partial charge >= 0.3 is 0 Å². The molecule has 1 amide bonds. The molecule has 0 heterocycles. The molecule has 0 bridgehead atoms. The Labute approximate surface area is 120 Å². The summed E-state index contributed by atoms with van der Waals surface area (Å²) in [6, 6.07) is 9.18. The van der Waals surface area contributed by atoms with E-state index in [2.05, 4.69) is 5.32 Å². The van der Waals surface area contributed by atoms with Crippen molar-refractivity contribution in [1.82, 2.24) is 0 Å². The molecule has 4 N–H and O–H groups in total. The van der Waals surface area contributed by atoms with E-state index in [1.54, 1.807) is 24.3 Å². The van der Waals surface area contributed by atoms with Crippen molar-refractivity contribution < 1.29 is 14.6 Å². The van der Waals surface area contributed by atoms with Crippen LogP contribution in [-0.4, -0.2) is 18.1 Å². The molecule has 0 unspecified atom stereocenters. The van der Waals surface area contributed by atoms with Crippen LogP contribution in [0.2, 0.25) is 5.02 Å². The molecule has 0 spiro atoms. The first-order chi connectivity index (χ1) is 9.51. The van der Waals surface area contributed by atoms with Crippen LogP contribution in [-0.2, 0) is 0 Å². The fourth-order valence-corrected chi connectivity index (χ4v) is 1.84. The van der Waals surface area contributed by atoms with Gasteiger partial charge in [0.2, 0.25) is 0 Å². The standard InChI is InChI=1S/C14H13ClN2O3/c1-20-9-3-4-10(12(16)7-9)14(19)17-8-2-5-13(18)11(15)6-8/h2-7,18H,16H2,1H3,(H,17,19). The van der Waals surface area contributed by atoms with Crippen molar-refractivity contribution in [2.45, 2.75) is 0 Å².